The second-order valence-electron chi connectivity index (χ2n) is 5.41. The number of amides is 2. The maximum Gasteiger partial charge on any atom is 0.341 e. The molecule has 4 N–H and O–H groups in total. The zero-order valence-corrected chi connectivity index (χ0v) is 13.6. The minimum atomic E-state index is -1.30. The van der Waals surface area contributed by atoms with Gasteiger partial charge in [0, 0.05) is 23.9 Å². The monoisotopic (exact) mass is 343 g/mol. The van der Waals surface area contributed by atoms with Crippen molar-refractivity contribution in [2.24, 2.45) is 0 Å². The van der Waals surface area contributed by atoms with Gasteiger partial charge in [-0.05, 0) is 31.2 Å². The number of hydrogen-bond donors (Lipinski definition) is 4. The Hall–Kier alpha value is -3.42. The fourth-order valence-electron chi connectivity index (χ4n) is 2.20. The molecule has 0 saturated heterocycles. The van der Waals surface area contributed by atoms with Crippen LogP contribution in [0.2, 0.25) is 0 Å². The Morgan fingerprint density at radius 1 is 1.16 bits per heavy atom. The molecule has 0 fully saturated rings. The summed E-state index contributed by atoms with van der Waals surface area (Å²) in [7, 11) is 0. The van der Waals surface area contributed by atoms with Gasteiger partial charge in [0.15, 0.2) is 0 Å². The normalized spacial score (nSPS) is 11.4. The number of nitrogens with one attached hydrogen (secondary N) is 3. The molecule has 0 aliphatic heterocycles. The quantitative estimate of drug-likeness (QED) is 0.648. The fourth-order valence-corrected chi connectivity index (χ4v) is 2.20. The molecule has 8 nitrogen and oxygen atoms in total. The molecule has 0 aliphatic carbocycles. The molecule has 2 amide bonds. The van der Waals surface area contributed by atoms with Gasteiger partial charge in [0.2, 0.25) is 11.8 Å². The SMILES string of the molecule is CC(=O)N[C@H](C)C(=O)Nc1cccc(-c2ccc(C(=O)O)c(=O)[nH]2)c1. The predicted molar refractivity (Wildman–Crippen MR) is 91.4 cm³/mol. The topological polar surface area (TPSA) is 128 Å². The number of aromatic amines is 1. The van der Waals surface area contributed by atoms with Crippen LogP contribution in [-0.2, 0) is 9.59 Å². The minimum absolute atomic E-state index is 0.313. The van der Waals surface area contributed by atoms with Crippen LogP contribution in [0, 0.1) is 0 Å². The molecule has 0 saturated carbocycles. The number of pyridine rings is 1. The number of hydrogen-bond acceptors (Lipinski definition) is 4. The smallest absolute Gasteiger partial charge is 0.341 e. The van der Waals surface area contributed by atoms with Crippen molar-refractivity contribution < 1.29 is 19.5 Å². The molecule has 2 rings (SSSR count). The van der Waals surface area contributed by atoms with Gasteiger partial charge in [-0.2, -0.15) is 0 Å². The van der Waals surface area contributed by atoms with Crippen molar-refractivity contribution in [2.45, 2.75) is 19.9 Å². The fraction of sp³-hybridized carbons (Fsp3) is 0.176. The molecule has 0 unspecified atom stereocenters. The largest absolute Gasteiger partial charge is 0.477 e. The lowest BCUT2D eigenvalue weighted by Gasteiger charge is -2.13. The van der Waals surface area contributed by atoms with E-state index in [1.165, 1.54) is 19.1 Å². The van der Waals surface area contributed by atoms with Crippen LogP contribution in [0.5, 0.6) is 0 Å². The predicted octanol–water partition coefficient (Wildman–Crippen LogP) is 1.20. The number of carbonyl (C=O) groups excluding carboxylic acids is 2. The van der Waals surface area contributed by atoms with Crippen LogP contribution in [-0.4, -0.2) is 33.9 Å². The van der Waals surface area contributed by atoms with E-state index in [9.17, 15) is 19.2 Å². The zero-order chi connectivity index (χ0) is 18.6. The Morgan fingerprint density at radius 2 is 1.88 bits per heavy atom. The van der Waals surface area contributed by atoms with E-state index in [4.69, 9.17) is 5.11 Å². The molecular weight excluding hydrogens is 326 g/mol. The van der Waals surface area contributed by atoms with Gasteiger partial charge in [-0.15, -0.1) is 0 Å². The third-order valence-electron chi connectivity index (χ3n) is 3.39. The number of carbonyl (C=O) groups is 3. The number of aromatic nitrogens is 1. The molecule has 0 aliphatic rings. The highest BCUT2D eigenvalue weighted by Crippen LogP contribution is 2.20. The van der Waals surface area contributed by atoms with Crippen molar-refractivity contribution in [3.63, 3.8) is 0 Å². The summed E-state index contributed by atoms with van der Waals surface area (Å²) in [6.45, 7) is 2.88. The lowest BCUT2D eigenvalue weighted by atomic mass is 10.1. The second-order valence-corrected chi connectivity index (χ2v) is 5.41. The van der Waals surface area contributed by atoms with Gasteiger partial charge in [-0.25, -0.2) is 4.79 Å². The molecule has 8 heteroatoms. The third kappa shape index (κ3) is 4.54. The zero-order valence-electron chi connectivity index (χ0n) is 13.6. The van der Waals surface area contributed by atoms with Crippen LogP contribution in [0.4, 0.5) is 5.69 Å². The Kier molecular flexibility index (Phi) is 5.33. The van der Waals surface area contributed by atoms with Crippen LogP contribution in [0.1, 0.15) is 24.2 Å². The van der Waals surface area contributed by atoms with E-state index in [2.05, 4.69) is 15.6 Å². The summed E-state index contributed by atoms with van der Waals surface area (Å²) in [4.78, 5) is 48.2. The highest BCUT2D eigenvalue weighted by atomic mass is 16.4. The highest BCUT2D eigenvalue weighted by Gasteiger charge is 2.14. The van der Waals surface area contributed by atoms with E-state index in [0.29, 0.717) is 16.9 Å². The minimum Gasteiger partial charge on any atom is -0.477 e. The maximum atomic E-state index is 12.0. The van der Waals surface area contributed by atoms with Crippen LogP contribution in [0.3, 0.4) is 0 Å². The summed E-state index contributed by atoms with van der Waals surface area (Å²) in [5.41, 5.74) is 0.430. The van der Waals surface area contributed by atoms with Crippen LogP contribution in [0.15, 0.2) is 41.2 Å². The Morgan fingerprint density at radius 3 is 2.48 bits per heavy atom. The first kappa shape index (κ1) is 17.9. The van der Waals surface area contributed by atoms with E-state index in [1.54, 1.807) is 31.2 Å². The van der Waals surface area contributed by atoms with E-state index in [-0.39, 0.29) is 17.4 Å². The number of benzene rings is 1. The van der Waals surface area contributed by atoms with Crippen molar-refractivity contribution >= 4 is 23.5 Å². The summed E-state index contributed by atoms with van der Waals surface area (Å²) < 4.78 is 0. The molecule has 0 bridgehead atoms. The van der Waals surface area contributed by atoms with Crippen molar-refractivity contribution in [1.29, 1.82) is 0 Å². The average molecular weight is 343 g/mol. The van der Waals surface area contributed by atoms with Gasteiger partial charge in [0.25, 0.3) is 5.56 Å². The van der Waals surface area contributed by atoms with E-state index >= 15 is 0 Å². The number of rotatable bonds is 5. The van der Waals surface area contributed by atoms with Gasteiger partial charge in [0.1, 0.15) is 11.6 Å². The number of H-pyrrole nitrogens is 1. The standard InChI is InChI=1S/C17H17N3O5/c1-9(18-10(2)21)15(22)19-12-5-3-4-11(8-12)14-7-6-13(17(24)25)16(23)20-14/h3-9H,1-2H3,(H,18,21)(H,19,22)(H,20,23)(H,24,25)/t9-/m1/s1. The van der Waals surface area contributed by atoms with Crippen LogP contribution >= 0.6 is 0 Å². The summed E-state index contributed by atoms with van der Waals surface area (Å²) in [6.07, 6.45) is 0. The van der Waals surface area contributed by atoms with E-state index in [1.807, 2.05) is 0 Å². The van der Waals surface area contributed by atoms with Gasteiger partial charge >= 0.3 is 5.97 Å². The molecule has 0 spiro atoms. The average Bonchev–Trinajstić information content (AvgIpc) is 2.54. The van der Waals surface area contributed by atoms with Crippen molar-refractivity contribution in [1.82, 2.24) is 10.3 Å². The summed E-state index contributed by atoms with van der Waals surface area (Å²) >= 11 is 0. The molecule has 2 aromatic rings. The molecule has 1 atom stereocenters. The molecule has 130 valence electrons. The first-order valence-electron chi connectivity index (χ1n) is 7.43. The summed E-state index contributed by atoms with van der Waals surface area (Å²) in [5.74, 6) is -2.00. The molecule has 0 radical (unpaired) electrons. The van der Waals surface area contributed by atoms with Gasteiger partial charge in [-0.1, -0.05) is 12.1 Å². The van der Waals surface area contributed by atoms with Crippen molar-refractivity contribution in [3.8, 4) is 11.3 Å². The Labute approximate surface area is 142 Å². The van der Waals surface area contributed by atoms with Crippen molar-refractivity contribution in [3.05, 3.63) is 52.3 Å². The molecule has 1 heterocycles. The van der Waals surface area contributed by atoms with Crippen LogP contribution in [0.25, 0.3) is 11.3 Å². The highest BCUT2D eigenvalue weighted by molar-refractivity contribution is 5.97. The van der Waals surface area contributed by atoms with Gasteiger partial charge in [0.05, 0.1) is 0 Å². The first-order valence-corrected chi connectivity index (χ1v) is 7.43. The number of carboxylic acids is 1. The third-order valence-corrected chi connectivity index (χ3v) is 3.39. The summed E-state index contributed by atoms with van der Waals surface area (Å²) in [6, 6.07) is 8.67. The Balaban J connectivity index is 2.23. The van der Waals surface area contributed by atoms with E-state index in [0.717, 1.165) is 0 Å². The summed E-state index contributed by atoms with van der Waals surface area (Å²) in [5, 5.41) is 14.0. The molecular formula is C17H17N3O5. The Bertz CT molecular complexity index is 888. The van der Waals surface area contributed by atoms with E-state index < -0.39 is 17.6 Å². The number of anilines is 1. The van der Waals surface area contributed by atoms with Crippen molar-refractivity contribution in [2.75, 3.05) is 5.32 Å². The lowest BCUT2D eigenvalue weighted by molar-refractivity contribution is -0.124. The number of aromatic carboxylic acids is 1. The molecule has 25 heavy (non-hydrogen) atoms. The second kappa shape index (κ2) is 7.43. The maximum absolute atomic E-state index is 12.0. The molecule has 1 aromatic carbocycles. The number of carboxylic acid groups (broad SMARTS) is 1. The van der Waals surface area contributed by atoms with Gasteiger partial charge in [-0.3, -0.25) is 14.4 Å². The molecule has 1 aromatic heterocycles. The van der Waals surface area contributed by atoms with Gasteiger partial charge < -0.3 is 20.7 Å². The van der Waals surface area contributed by atoms with Crippen LogP contribution < -0.4 is 16.2 Å². The lowest BCUT2D eigenvalue weighted by Crippen LogP contribution is -2.40. The first-order chi connectivity index (χ1) is 11.8.